The van der Waals surface area contributed by atoms with Crippen molar-refractivity contribution in [2.45, 2.75) is 26.3 Å². The molecule has 0 atom stereocenters. The highest BCUT2D eigenvalue weighted by Gasteiger charge is 2.46. The van der Waals surface area contributed by atoms with Gasteiger partial charge in [-0.1, -0.05) is 17.7 Å². The second-order valence-corrected chi connectivity index (χ2v) is 8.21. The number of hydrogen-bond acceptors (Lipinski definition) is 5. The molecule has 158 valence electrons. The third-order valence-electron chi connectivity index (χ3n) is 4.15. The summed E-state index contributed by atoms with van der Waals surface area (Å²) in [5.74, 6) is -0.938. The van der Waals surface area contributed by atoms with E-state index >= 15 is 0 Å². The smallest absolute Gasteiger partial charge is 0.465 e. The van der Waals surface area contributed by atoms with E-state index in [1.807, 2.05) is 0 Å². The van der Waals surface area contributed by atoms with Gasteiger partial charge in [-0.2, -0.15) is 21.6 Å². The summed E-state index contributed by atoms with van der Waals surface area (Å²) in [7, 11) is -4.57. The Balaban J connectivity index is 2.76. The molecular formula is C17H16ClF3N2O5S. The van der Waals surface area contributed by atoms with Crippen LogP contribution in [-0.2, 0) is 14.8 Å². The number of halogens is 4. The van der Waals surface area contributed by atoms with Crippen LogP contribution in [0.3, 0.4) is 0 Å². The Bertz CT molecular complexity index is 1160. The number of pyridine rings is 1. The summed E-state index contributed by atoms with van der Waals surface area (Å²) in [6, 6.07) is 2.61. The Morgan fingerprint density at radius 1 is 1.17 bits per heavy atom. The fourth-order valence-corrected chi connectivity index (χ4v) is 3.50. The van der Waals surface area contributed by atoms with Crippen LogP contribution in [0.5, 0.6) is 0 Å². The normalized spacial score (nSPS) is 12.0. The summed E-state index contributed by atoms with van der Waals surface area (Å²) < 4.78 is 68.6. The number of esters is 1. The minimum Gasteiger partial charge on any atom is -0.465 e. The van der Waals surface area contributed by atoms with Gasteiger partial charge in [0.25, 0.3) is 0 Å². The van der Waals surface area contributed by atoms with E-state index in [1.165, 1.54) is 35.4 Å². The lowest BCUT2D eigenvalue weighted by molar-refractivity contribution is -0.0429. The van der Waals surface area contributed by atoms with E-state index < -0.39 is 26.9 Å². The topological polar surface area (TPSA) is 94.5 Å². The second-order valence-electron chi connectivity index (χ2n) is 6.13. The van der Waals surface area contributed by atoms with Gasteiger partial charge in [0, 0.05) is 11.9 Å². The molecule has 1 N–H and O–H groups in total. The Morgan fingerprint density at radius 3 is 2.28 bits per heavy atom. The van der Waals surface area contributed by atoms with Crippen molar-refractivity contribution in [3.05, 3.63) is 56.0 Å². The van der Waals surface area contributed by atoms with Gasteiger partial charge in [-0.25, -0.2) is 4.79 Å². The zero-order valence-electron chi connectivity index (χ0n) is 15.6. The molecule has 0 fully saturated rings. The zero-order chi connectivity index (χ0) is 22.3. The highest BCUT2D eigenvalue weighted by atomic mass is 35.5. The Kier molecular flexibility index (Phi) is 6.05. The van der Waals surface area contributed by atoms with Crippen molar-refractivity contribution in [3.63, 3.8) is 0 Å². The van der Waals surface area contributed by atoms with Gasteiger partial charge in [-0.15, -0.1) is 0 Å². The van der Waals surface area contributed by atoms with Crippen molar-refractivity contribution in [2.24, 2.45) is 0 Å². The molecule has 0 spiro atoms. The molecule has 0 unspecified atom stereocenters. The molecular weight excluding hydrogens is 437 g/mol. The Labute approximate surface area is 169 Å². The van der Waals surface area contributed by atoms with E-state index in [2.05, 4.69) is 4.74 Å². The number of carbonyl (C=O) groups excluding carboxylic acids is 1. The van der Waals surface area contributed by atoms with Gasteiger partial charge in [0.1, 0.15) is 10.6 Å². The SMILES string of the molecule is COC(=O)c1c(C)n(-c2cc(NS(=O)(=O)C(F)(F)F)c(C)cc2C)cc(Cl)c1=O. The molecule has 0 amide bonds. The number of aryl methyl sites for hydroxylation is 2. The van der Waals surface area contributed by atoms with Crippen LogP contribution in [0.1, 0.15) is 27.2 Å². The molecule has 0 saturated heterocycles. The van der Waals surface area contributed by atoms with E-state index in [-0.39, 0.29) is 33.2 Å². The van der Waals surface area contributed by atoms with Crippen molar-refractivity contribution >= 4 is 33.3 Å². The maximum atomic E-state index is 12.7. The molecule has 1 aromatic heterocycles. The molecule has 29 heavy (non-hydrogen) atoms. The number of carbonyl (C=O) groups is 1. The summed E-state index contributed by atoms with van der Waals surface area (Å²) in [5.41, 5.74) is -5.86. The first-order chi connectivity index (χ1) is 13.2. The third-order valence-corrected chi connectivity index (χ3v) is 5.52. The minimum atomic E-state index is -5.65. The van der Waals surface area contributed by atoms with Crippen LogP contribution in [0.4, 0.5) is 18.9 Å². The van der Waals surface area contributed by atoms with Crippen molar-refractivity contribution in [2.75, 3.05) is 11.8 Å². The monoisotopic (exact) mass is 452 g/mol. The van der Waals surface area contributed by atoms with Crippen molar-refractivity contribution in [1.82, 2.24) is 4.57 Å². The van der Waals surface area contributed by atoms with Crippen LogP contribution in [0.15, 0.2) is 23.1 Å². The summed E-state index contributed by atoms with van der Waals surface area (Å²) in [4.78, 5) is 24.2. The van der Waals surface area contributed by atoms with Crippen LogP contribution in [0, 0.1) is 20.8 Å². The van der Waals surface area contributed by atoms with Gasteiger partial charge in [-0.3, -0.25) is 9.52 Å². The molecule has 0 aliphatic carbocycles. The number of rotatable bonds is 4. The molecule has 0 saturated carbocycles. The zero-order valence-corrected chi connectivity index (χ0v) is 17.2. The highest BCUT2D eigenvalue weighted by molar-refractivity contribution is 7.93. The van der Waals surface area contributed by atoms with Gasteiger partial charge in [0.05, 0.1) is 18.5 Å². The number of nitrogens with one attached hydrogen (secondary N) is 1. The predicted molar refractivity (Wildman–Crippen MR) is 101 cm³/mol. The first kappa shape index (κ1) is 22.8. The summed E-state index contributed by atoms with van der Waals surface area (Å²) >= 11 is 5.93. The first-order valence-corrected chi connectivity index (χ1v) is 9.78. The summed E-state index contributed by atoms with van der Waals surface area (Å²) in [6.45, 7) is 4.46. The molecule has 7 nitrogen and oxygen atoms in total. The Hall–Kier alpha value is -2.53. The average Bonchev–Trinajstić information content (AvgIpc) is 2.59. The fraction of sp³-hybridized carbons (Fsp3) is 0.294. The standard InChI is InChI=1S/C17H16ClF3N2O5S/c1-8-5-9(2)13(6-12(8)22-29(26,27)17(19,20)21)23-7-11(18)15(24)14(10(23)3)16(25)28-4/h5-7,22H,1-4H3. The van der Waals surface area contributed by atoms with Crippen LogP contribution in [-0.4, -0.2) is 31.6 Å². The maximum Gasteiger partial charge on any atom is 0.516 e. The molecule has 0 radical (unpaired) electrons. The molecule has 0 aliphatic heterocycles. The number of sulfonamides is 1. The molecule has 0 aliphatic rings. The number of ether oxygens (including phenoxy) is 1. The van der Waals surface area contributed by atoms with Crippen LogP contribution in [0.25, 0.3) is 5.69 Å². The van der Waals surface area contributed by atoms with Crippen LogP contribution in [0.2, 0.25) is 5.02 Å². The molecule has 1 aromatic carbocycles. The number of aromatic nitrogens is 1. The van der Waals surface area contributed by atoms with Gasteiger partial charge in [-0.05, 0) is 38.0 Å². The molecule has 12 heteroatoms. The molecule has 2 aromatic rings. The van der Waals surface area contributed by atoms with Gasteiger partial charge in [0.2, 0.25) is 5.43 Å². The number of methoxy groups -OCH3 is 1. The fourth-order valence-electron chi connectivity index (χ4n) is 2.68. The van der Waals surface area contributed by atoms with Crippen LogP contribution >= 0.6 is 11.6 Å². The van der Waals surface area contributed by atoms with Crippen molar-refractivity contribution in [1.29, 1.82) is 0 Å². The molecule has 2 rings (SSSR count). The number of nitrogens with zero attached hydrogens (tertiary/aromatic N) is 1. The lowest BCUT2D eigenvalue weighted by Gasteiger charge is -2.19. The first-order valence-electron chi connectivity index (χ1n) is 7.92. The lowest BCUT2D eigenvalue weighted by Crippen LogP contribution is -2.30. The van der Waals surface area contributed by atoms with Gasteiger partial charge >= 0.3 is 21.5 Å². The summed E-state index contributed by atoms with van der Waals surface area (Å²) in [5, 5.41) is -0.326. The third kappa shape index (κ3) is 4.25. The largest absolute Gasteiger partial charge is 0.516 e. The van der Waals surface area contributed by atoms with E-state index in [9.17, 15) is 31.2 Å². The number of hydrogen-bond donors (Lipinski definition) is 1. The summed E-state index contributed by atoms with van der Waals surface area (Å²) in [6.07, 6.45) is 1.19. The number of benzene rings is 1. The number of alkyl halides is 3. The van der Waals surface area contributed by atoms with E-state index in [1.54, 1.807) is 6.92 Å². The quantitative estimate of drug-likeness (QED) is 0.717. The average molecular weight is 453 g/mol. The van der Waals surface area contributed by atoms with E-state index in [4.69, 9.17) is 11.6 Å². The van der Waals surface area contributed by atoms with Gasteiger partial charge < -0.3 is 9.30 Å². The van der Waals surface area contributed by atoms with Crippen molar-refractivity contribution < 1.29 is 31.1 Å². The van der Waals surface area contributed by atoms with E-state index in [0.717, 1.165) is 13.2 Å². The highest BCUT2D eigenvalue weighted by Crippen LogP contribution is 2.30. The van der Waals surface area contributed by atoms with Gasteiger partial charge in [0.15, 0.2) is 0 Å². The van der Waals surface area contributed by atoms with Crippen LogP contribution < -0.4 is 10.2 Å². The second kappa shape index (κ2) is 7.71. The van der Waals surface area contributed by atoms with Crippen molar-refractivity contribution in [3.8, 4) is 5.69 Å². The molecule has 0 bridgehead atoms. The number of anilines is 1. The molecule has 1 heterocycles. The minimum absolute atomic E-state index is 0.114. The maximum absolute atomic E-state index is 12.7. The lowest BCUT2D eigenvalue weighted by atomic mass is 10.1. The predicted octanol–water partition coefficient (Wildman–Crippen LogP) is 3.46. The Morgan fingerprint density at radius 2 is 1.76 bits per heavy atom. The van der Waals surface area contributed by atoms with E-state index in [0.29, 0.717) is 5.56 Å².